The third-order valence-electron chi connectivity index (χ3n) is 1.46. The van der Waals surface area contributed by atoms with E-state index in [9.17, 15) is 13.6 Å². The molecular weight excluding hydrogens is 328 g/mol. The predicted octanol–water partition coefficient (Wildman–Crippen LogP) is 2.38. The van der Waals surface area contributed by atoms with Crippen LogP contribution in [0.2, 0.25) is 5.02 Å². The van der Waals surface area contributed by atoms with Gasteiger partial charge in [-0.2, -0.15) is 0 Å². The first-order valence-corrected chi connectivity index (χ1v) is 4.82. The predicted molar refractivity (Wildman–Crippen MR) is 55.4 cm³/mol. The van der Waals surface area contributed by atoms with E-state index in [0.29, 0.717) is 0 Å². The van der Waals surface area contributed by atoms with Crippen molar-refractivity contribution in [2.24, 2.45) is 5.73 Å². The molecule has 1 aromatic rings. The van der Waals surface area contributed by atoms with Crippen LogP contribution in [0.5, 0.6) is 0 Å². The second kappa shape index (κ2) is 4.35. The number of pyridine rings is 1. The molecule has 2 N–H and O–H groups in total. The zero-order valence-electron chi connectivity index (χ0n) is 6.60. The summed E-state index contributed by atoms with van der Waals surface area (Å²) in [5.41, 5.74) is 4.48. The van der Waals surface area contributed by atoms with Gasteiger partial charge in [-0.15, -0.1) is 0 Å². The average Bonchev–Trinajstić information content (AvgIpc) is 2.08. The molecule has 0 aliphatic heterocycles. The van der Waals surface area contributed by atoms with E-state index in [1.165, 1.54) is 0 Å². The average molecular weight is 332 g/mol. The van der Waals surface area contributed by atoms with E-state index in [1.54, 1.807) is 22.6 Å². The third kappa shape index (κ3) is 2.11. The van der Waals surface area contributed by atoms with Crippen molar-refractivity contribution >= 4 is 40.1 Å². The molecule has 0 spiro atoms. The Bertz CT molecular complexity index is 386. The maximum atomic E-state index is 12.3. The number of rotatable bonds is 2. The Morgan fingerprint density at radius 2 is 2.21 bits per heavy atom. The number of carbonyl (C=O) groups excluding carboxylic acids is 1. The van der Waals surface area contributed by atoms with E-state index in [4.69, 9.17) is 17.3 Å². The number of amides is 1. The van der Waals surface area contributed by atoms with Crippen LogP contribution in [-0.4, -0.2) is 10.9 Å². The Hall–Kier alpha value is -0.500. The minimum Gasteiger partial charge on any atom is -0.366 e. The first-order valence-electron chi connectivity index (χ1n) is 3.37. The lowest BCUT2D eigenvalue weighted by molar-refractivity contribution is 0.0998. The fraction of sp³-hybridized carbons (Fsp3) is 0.143. The highest BCUT2D eigenvalue weighted by Crippen LogP contribution is 2.30. The van der Waals surface area contributed by atoms with Gasteiger partial charge >= 0.3 is 0 Å². The van der Waals surface area contributed by atoms with Crippen LogP contribution in [-0.2, 0) is 0 Å². The fourth-order valence-corrected chi connectivity index (χ4v) is 1.72. The molecule has 14 heavy (non-hydrogen) atoms. The molecule has 76 valence electrons. The summed E-state index contributed by atoms with van der Waals surface area (Å²) < 4.78 is 24.7. The van der Waals surface area contributed by atoms with Gasteiger partial charge in [0.2, 0.25) is 0 Å². The van der Waals surface area contributed by atoms with Crippen LogP contribution >= 0.6 is 34.2 Å². The Morgan fingerprint density at radius 1 is 1.64 bits per heavy atom. The monoisotopic (exact) mass is 332 g/mol. The minimum absolute atomic E-state index is 0.0417. The topological polar surface area (TPSA) is 56.0 Å². The maximum Gasteiger partial charge on any atom is 0.281 e. The van der Waals surface area contributed by atoms with Crippen LogP contribution in [0.25, 0.3) is 0 Å². The highest BCUT2D eigenvalue weighted by molar-refractivity contribution is 14.1. The molecular formula is C7H4ClF2IN2O. The number of nitrogens with two attached hydrogens (primary N) is 1. The number of halogens is 4. The molecule has 1 amide bonds. The number of hydrogen-bond donors (Lipinski definition) is 1. The van der Waals surface area contributed by atoms with Crippen LogP contribution in [0.3, 0.4) is 0 Å². The second-order valence-electron chi connectivity index (χ2n) is 2.35. The van der Waals surface area contributed by atoms with Gasteiger partial charge in [-0.1, -0.05) is 11.6 Å². The lowest BCUT2D eigenvalue weighted by atomic mass is 10.2. The van der Waals surface area contributed by atoms with Crippen molar-refractivity contribution in [3.05, 3.63) is 26.0 Å². The van der Waals surface area contributed by atoms with Crippen LogP contribution < -0.4 is 5.73 Å². The van der Waals surface area contributed by atoms with Gasteiger partial charge in [0.1, 0.15) is 5.69 Å². The van der Waals surface area contributed by atoms with Crippen molar-refractivity contribution in [3.63, 3.8) is 0 Å². The van der Waals surface area contributed by atoms with Crippen LogP contribution in [0, 0.1) is 3.57 Å². The van der Waals surface area contributed by atoms with Crippen molar-refractivity contribution in [1.82, 2.24) is 4.98 Å². The van der Waals surface area contributed by atoms with Gasteiger partial charge < -0.3 is 5.73 Å². The number of alkyl halides is 2. The lowest BCUT2D eigenvalue weighted by Crippen LogP contribution is -2.14. The maximum absolute atomic E-state index is 12.3. The zero-order chi connectivity index (χ0) is 10.9. The Labute approximate surface area is 96.8 Å². The second-order valence-corrected chi connectivity index (χ2v) is 3.81. The summed E-state index contributed by atoms with van der Waals surface area (Å²) in [6.45, 7) is 0. The fourth-order valence-electron chi connectivity index (χ4n) is 0.802. The molecule has 3 nitrogen and oxygen atoms in total. The lowest BCUT2D eigenvalue weighted by Gasteiger charge is -2.06. The molecule has 0 unspecified atom stereocenters. The van der Waals surface area contributed by atoms with Gasteiger partial charge in [-0.3, -0.25) is 9.78 Å². The summed E-state index contributed by atoms with van der Waals surface area (Å²) >= 11 is 7.25. The molecule has 1 aromatic heterocycles. The quantitative estimate of drug-likeness (QED) is 0.846. The smallest absolute Gasteiger partial charge is 0.281 e. The van der Waals surface area contributed by atoms with Crippen molar-refractivity contribution in [2.75, 3.05) is 0 Å². The minimum atomic E-state index is -2.77. The van der Waals surface area contributed by atoms with Crippen LogP contribution in [0.15, 0.2) is 6.20 Å². The molecule has 0 bridgehead atoms. The molecule has 0 saturated carbocycles. The van der Waals surface area contributed by atoms with Gasteiger partial charge in [0, 0.05) is 9.77 Å². The van der Waals surface area contributed by atoms with Gasteiger partial charge in [0.25, 0.3) is 12.3 Å². The first kappa shape index (κ1) is 11.6. The van der Waals surface area contributed by atoms with Gasteiger partial charge in [-0.05, 0) is 22.6 Å². The van der Waals surface area contributed by atoms with E-state index in [-0.39, 0.29) is 14.2 Å². The molecule has 0 atom stereocenters. The van der Waals surface area contributed by atoms with Crippen LogP contribution in [0.1, 0.15) is 22.5 Å². The first-order chi connectivity index (χ1) is 6.45. The Morgan fingerprint density at radius 3 is 2.64 bits per heavy atom. The van der Waals surface area contributed by atoms with Gasteiger partial charge in [0.05, 0.1) is 10.6 Å². The summed E-state index contributed by atoms with van der Waals surface area (Å²) in [4.78, 5) is 14.2. The third-order valence-corrected chi connectivity index (χ3v) is 3.28. The molecule has 7 heteroatoms. The van der Waals surface area contributed by atoms with E-state index in [2.05, 4.69) is 4.98 Å². The Balaban J connectivity index is 3.33. The number of carbonyl (C=O) groups is 1. The van der Waals surface area contributed by atoms with Crippen LogP contribution in [0.4, 0.5) is 8.78 Å². The summed E-state index contributed by atoms with van der Waals surface area (Å²) in [6, 6.07) is 0. The van der Waals surface area contributed by atoms with Crippen molar-refractivity contribution in [1.29, 1.82) is 0 Å². The van der Waals surface area contributed by atoms with Crippen molar-refractivity contribution in [2.45, 2.75) is 6.43 Å². The van der Waals surface area contributed by atoms with Crippen molar-refractivity contribution < 1.29 is 13.6 Å². The molecule has 0 fully saturated rings. The van der Waals surface area contributed by atoms with E-state index in [0.717, 1.165) is 6.20 Å². The van der Waals surface area contributed by atoms with Gasteiger partial charge in [-0.25, -0.2) is 8.78 Å². The summed E-state index contributed by atoms with van der Waals surface area (Å²) in [5, 5.41) is -0.225. The van der Waals surface area contributed by atoms with E-state index < -0.39 is 18.0 Å². The summed E-state index contributed by atoms with van der Waals surface area (Å²) in [7, 11) is 0. The molecule has 0 aromatic carbocycles. The molecule has 0 aliphatic rings. The molecule has 0 aliphatic carbocycles. The Kier molecular flexibility index (Phi) is 3.59. The SMILES string of the molecule is NC(=O)c1cnc(C(F)F)c(Cl)c1I. The van der Waals surface area contributed by atoms with E-state index in [1.807, 2.05) is 0 Å². The molecule has 0 saturated heterocycles. The highest BCUT2D eigenvalue weighted by atomic mass is 127. The highest BCUT2D eigenvalue weighted by Gasteiger charge is 2.19. The van der Waals surface area contributed by atoms with Gasteiger partial charge in [0.15, 0.2) is 0 Å². The molecule has 0 radical (unpaired) electrons. The zero-order valence-corrected chi connectivity index (χ0v) is 9.51. The number of primary amides is 1. The van der Waals surface area contributed by atoms with Crippen molar-refractivity contribution in [3.8, 4) is 0 Å². The summed E-state index contributed by atoms with van der Waals surface area (Å²) in [6.07, 6.45) is -1.77. The molecule has 1 heterocycles. The molecule has 1 rings (SSSR count). The summed E-state index contributed by atoms with van der Waals surface area (Å²) in [5.74, 6) is -0.746. The number of nitrogens with zero attached hydrogens (tertiary/aromatic N) is 1. The standard InChI is InChI=1S/C7H4ClF2IN2O/c8-3-4(11)2(7(12)14)1-13-5(3)6(9)10/h1,6H,(H2,12,14). The number of aromatic nitrogens is 1. The largest absolute Gasteiger partial charge is 0.366 e. The normalized spacial score (nSPS) is 10.6. The number of hydrogen-bond acceptors (Lipinski definition) is 2. The van der Waals surface area contributed by atoms with E-state index >= 15 is 0 Å².